The van der Waals surface area contributed by atoms with Crippen LogP contribution in [0.2, 0.25) is 25.1 Å². The Kier molecular flexibility index (Phi) is 5.29. The highest BCUT2D eigenvalue weighted by Crippen LogP contribution is 2.54. The van der Waals surface area contributed by atoms with E-state index in [9.17, 15) is 9.59 Å². The van der Waals surface area contributed by atoms with Gasteiger partial charge >= 0.3 is 0 Å². The summed E-state index contributed by atoms with van der Waals surface area (Å²) in [6, 6.07) is 6.18. The van der Waals surface area contributed by atoms with Crippen molar-refractivity contribution in [1.29, 1.82) is 0 Å². The number of hydrogen-bond acceptors (Lipinski definition) is 2. The molecule has 0 aromatic heterocycles. The molecule has 0 spiro atoms. The van der Waals surface area contributed by atoms with E-state index in [1.54, 1.807) is 12.1 Å². The van der Waals surface area contributed by atoms with E-state index in [1.807, 2.05) is 0 Å². The van der Waals surface area contributed by atoms with E-state index < -0.39 is 21.8 Å². The van der Waals surface area contributed by atoms with Crippen LogP contribution < -0.4 is 0 Å². The summed E-state index contributed by atoms with van der Waals surface area (Å²) in [6.07, 6.45) is 0. The molecule has 2 aromatic carbocycles. The molecule has 0 amide bonds. The van der Waals surface area contributed by atoms with E-state index >= 15 is 0 Å². The summed E-state index contributed by atoms with van der Waals surface area (Å²) >= 11 is 43.5. The third kappa shape index (κ3) is 2.70. The maximum atomic E-state index is 13.1. The van der Waals surface area contributed by atoms with Gasteiger partial charge in [-0.05, 0) is 0 Å². The van der Waals surface area contributed by atoms with Crippen LogP contribution in [0, 0.1) is 0 Å². The molecule has 0 saturated carbocycles. The lowest BCUT2D eigenvalue weighted by Gasteiger charge is -2.36. The second-order valence-electron chi connectivity index (χ2n) is 5.26. The Labute approximate surface area is 177 Å². The molecule has 130 valence electrons. The first-order valence-electron chi connectivity index (χ1n) is 6.67. The number of hydrogen-bond donors (Lipinski definition) is 0. The van der Waals surface area contributed by atoms with Crippen molar-refractivity contribution in [3.05, 3.63) is 66.1 Å². The average Bonchev–Trinajstić information content (AvgIpc) is 2.61. The molecule has 3 rings (SSSR count). The zero-order chi connectivity index (χ0) is 18.7. The van der Waals surface area contributed by atoms with Crippen molar-refractivity contribution in [2.24, 2.45) is 0 Å². The maximum Gasteiger partial charge on any atom is 0.191 e. The van der Waals surface area contributed by atoms with Crippen molar-refractivity contribution in [3.8, 4) is 0 Å². The van der Waals surface area contributed by atoms with Gasteiger partial charge in [0.25, 0.3) is 0 Å². The van der Waals surface area contributed by atoms with E-state index in [-0.39, 0.29) is 41.8 Å². The molecule has 2 nitrogen and oxygen atoms in total. The van der Waals surface area contributed by atoms with E-state index in [0.29, 0.717) is 0 Å². The maximum absolute atomic E-state index is 13.1. The highest BCUT2D eigenvalue weighted by Gasteiger charge is 2.55. The third-order valence-electron chi connectivity index (χ3n) is 3.92. The van der Waals surface area contributed by atoms with Gasteiger partial charge in [0.1, 0.15) is 5.38 Å². The monoisotopic (exact) mass is 474 g/mol. The van der Waals surface area contributed by atoms with Gasteiger partial charge < -0.3 is 0 Å². The molecule has 25 heavy (non-hydrogen) atoms. The van der Waals surface area contributed by atoms with Crippen LogP contribution in [0.4, 0.5) is 0 Å². The van der Waals surface area contributed by atoms with Crippen molar-refractivity contribution in [2.75, 3.05) is 0 Å². The minimum Gasteiger partial charge on any atom is -0.292 e. The van der Waals surface area contributed by atoms with E-state index in [1.165, 1.54) is 12.1 Å². The van der Waals surface area contributed by atoms with Gasteiger partial charge in [0.15, 0.2) is 16.4 Å². The molecule has 9 heteroatoms. The Hall–Kier alpha value is -0.190. The van der Waals surface area contributed by atoms with Crippen LogP contribution in [0.5, 0.6) is 0 Å². The van der Waals surface area contributed by atoms with E-state index in [0.717, 1.165) is 0 Å². The summed E-state index contributed by atoms with van der Waals surface area (Å²) in [4.78, 5) is 23.7. The van der Waals surface area contributed by atoms with Crippen molar-refractivity contribution >= 4 is 92.8 Å². The standard InChI is InChI=1S/C16H5Cl7O2/c17-8-7(9(18)11(20)12(21)10(8)19)16(23)14(22)13(24)5-3-1-2-4-6(5)15(16)25/h1-4,14H. The SMILES string of the molecule is O=C1c2ccccc2C(=O)C(Cl)(c2c(Cl)c(Cl)c(Cl)c(Cl)c2Cl)C1Cl. The van der Waals surface area contributed by atoms with Gasteiger partial charge in [-0.3, -0.25) is 9.59 Å². The van der Waals surface area contributed by atoms with E-state index in [4.69, 9.17) is 81.2 Å². The zero-order valence-electron chi connectivity index (χ0n) is 11.8. The molecule has 1 aliphatic carbocycles. The minimum atomic E-state index is -2.08. The number of fused-ring (bicyclic) bond motifs is 1. The molecule has 1 aliphatic rings. The van der Waals surface area contributed by atoms with Crippen LogP contribution in [-0.2, 0) is 4.87 Å². The molecule has 2 unspecified atom stereocenters. The Bertz CT molecular complexity index is 911. The van der Waals surface area contributed by atoms with Gasteiger partial charge in [-0.15, -0.1) is 23.2 Å². The number of carbonyl (C=O) groups is 2. The number of alkyl halides is 2. The Balaban J connectivity index is 2.38. The lowest BCUT2D eigenvalue weighted by molar-refractivity contribution is 0.0848. The Morgan fingerprint density at radius 1 is 0.760 bits per heavy atom. The topological polar surface area (TPSA) is 34.1 Å². The Morgan fingerprint density at radius 3 is 1.72 bits per heavy atom. The first-order valence-corrected chi connectivity index (χ1v) is 9.37. The highest BCUT2D eigenvalue weighted by molar-refractivity contribution is 6.58. The molecular weight excluding hydrogens is 472 g/mol. The van der Waals surface area contributed by atoms with Crippen molar-refractivity contribution in [2.45, 2.75) is 10.3 Å². The predicted molar refractivity (Wildman–Crippen MR) is 104 cm³/mol. The largest absolute Gasteiger partial charge is 0.292 e. The number of rotatable bonds is 1. The summed E-state index contributed by atoms with van der Waals surface area (Å²) < 4.78 is 0. The normalized spacial score (nSPS) is 22.9. The van der Waals surface area contributed by atoms with Crippen LogP contribution in [0.1, 0.15) is 26.3 Å². The number of benzene rings is 2. The fourth-order valence-electron chi connectivity index (χ4n) is 2.69. The molecule has 2 atom stereocenters. The molecule has 2 aromatic rings. The van der Waals surface area contributed by atoms with Gasteiger partial charge in [0, 0.05) is 16.7 Å². The molecule has 0 saturated heterocycles. The molecule has 0 heterocycles. The molecule has 0 N–H and O–H groups in total. The molecule has 0 fully saturated rings. The van der Waals surface area contributed by atoms with Crippen molar-refractivity contribution in [1.82, 2.24) is 0 Å². The summed E-state index contributed by atoms with van der Waals surface area (Å²) in [6.45, 7) is 0. The molecule has 0 bridgehead atoms. The smallest absolute Gasteiger partial charge is 0.191 e. The van der Waals surface area contributed by atoms with Gasteiger partial charge in [-0.1, -0.05) is 82.3 Å². The van der Waals surface area contributed by atoms with Crippen molar-refractivity contribution in [3.63, 3.8) is 0 Å². The fourth-order valence-corrected chi connectivity index (χ4v) is 4.94. The molecule has 0 aliphatic heterocycles. The van der Waals surface area contributed by atoms with Gasteiger partial charge in [-0.25, -0.2) is 0 Å². The summed E-state index contributed by atoms with van der Waals surface area (Å²) in [5, 5.41) is -2.24. The summed E-state index contributed by atoms with van der Waals surface area (Å²) in [5.74, 6) is -1.18. The molecule has 0 radical (unpaired) electrons. The van der Waals surface area contributed by atoms with Gasteiger partial charge in [-0.2, -0.15) is 0 Å². The number of carbonyl (C=O) groups excluding carboxylic acids is 2. The summed E-state index contributed by atoms with van der Waals surface area (Å²) in [5.41, 5.74) is 0.126. The second kappa shape index (κ2) is 6.76. The number of ketones is 2. The van der Waals surface area contributed by atoms with E-state index in [2.05, 4.69) is 0 Å². The first-order chi connectivity index (χ1) is 11.6. The quantitative estimate of drug-likeness (QED) is 0.250. The zero-order valence-corrected chi connectivity index (χ0v) is 17.1. The third-order valence-corrected chi connectivity index (χ3v) is 7.41. The minimum absolute atomic E-state index is 0.0940. The fraction of sp³-hybridized carbons (Fsp3) is 0.125. The molecular formula is C16H5Cl7O2. The predicted octanol–water partition coefficient (Wildman–Crippen LogP) is 7.07. The number of halogens is 7. The van der Waals surface area contributed by atoms with Gasteiger partial charge in [0.05, 0.1) is 25.1 Å². The van der Waals surface area contributed by atoms with Gasteiger partial charge in [0.2, 0.25) is 0 Å². The first kappa shape index (κ1) is 19.6. The second-order valence-corrected chi connectivity index (χ2v) is 8.18. The van der Waals surface area contributed by atoms with Crippen LogP contribution in [0.15, 0.2) is 24.3 Å². The Morgan fingerprint density at radius 2 is 1.20 bits per heavy atom. The number of Topliss-reactive ketones (excluding diaryl/α,β-unsaturated/α-hetero) is 2. The van der Waals surface area contributed by atoms with Crippen LogP contribution >= 0.6 is 81.2 Å². The average molecular weight is 477 g/mol. The lowest BCUT2D eigenvalue weighted by Crippen LogP contribution is -2.48. The lowest BCUT2D eigenvalue weighted by atomic mass is 9.77. The summed E-state index contributed by atoms with van der Waals surface area (Å²) in [7, 11) is 0. The van der Waals surface area contributed by atoms with Crippen LogP contribution in [0.25, 0.3) is 0 Å². The van der Waals surface area contributed by atoms with Crippen LogP contribution in [-0.4, -0.2) is 16.9 Å². The highest BCUT2D eigenvalue weighted by atomic mass is 35.5. The van der Waals surface area contributed by atoms with Crippen molar-refractivity contribution < 1.29 is 9.59 Å². The van der Waals surface area contributed by atoms with Crippen LogP contribution in [0.3, 0.4) is 0 Å².